The zero-order valence-electron chi connectivity index (χ0n) is 10.4. The summed E-state index contributed by atoms with van der Waals surface area (Å²) in [6.45, 7) is 1.63. The van der Waals surface area contributed by atoms with Gasteiger partial charge in [-0.25, -0.2) is 0 Å². The molecule has 0 aliphatic carbocycles. The third kappa shape index (κ3) is 3.64. The highest BCUT2D eigenvalue weighted by atomic mass is 32.2. The number of ether oxygens (including phenoxy) is 2. The van der Waals surface area contributed by atoms with E-state index in [-0.39, 0.29) is 17.7 Å². The summed E-state index contributed by atoms with van der Waals surface area (Å²) in [4.78, 5) is 22.1. The predicted octanol–water partition coefficient (Wildman–Crippen LogP) is 1.94. The van der Waals surface area contributed by atoms with E-state index in [2.05, 4.69) is 0 Å². The van der Waals surface area contributed by atoms with E-state index < -0.39 is 11.9 Å². The zero-order chi connectivity index (χ0) is 13.8. The molecule has 0 fully saturated rings. The van der Waals surface area contributed by atoms with Crippen LogP contribution in [0.1, 0.15) is 12.5 Å². The van der Waals surface area contributed by atoms with Gasteiger partial charge in [-0.15, -0.1) is 0 Å². The summed E-state index contributed by atoms with van der Waals surface area (Å²) in [6, 6.07) is 5.38. The van der Waals surface area contributed by atoms with E-state index >= 15 is 0 Å². The van der Waals surface area contributed by atoms with Crippen LogP contribution >= 0.6 is 11.8 Å². The Labute approximate surface area is 114 Å². The molecule has 0 spiro atoms. The van der Waals surface area contributed by atoms with Crippen LogP contribution in [-0.2, 0) is 16.0 Å². The van der Waals surface area contributed by atoms with Gasteiger partial charge in [0, 0.05) is 12.7 Å². The SMILES string of the molecule is CC(=O)SCC(Cc1ccc2c(c1)OCO2)C(=O)O. The van der Waals surface area contributed by atoms with E-state index in [9.17, 15) is 9.59 Å². The molecule has 0 saturated heterocycles. The molecular formula is C13H14O5S. The Hall–Kier alpha value is -1.69. The number of carbonyl (C=O) groups is 2. The Kier molecular flexibility index (Phi) is 4.31. The van der Waals surface area contributed by atoms with Crippen LogP contribution in [0.2, 0.25) is 0 Å². The summed E-state index contributed by atoms with van der Waals surface area (Å²) in [5, 5.41) is 9.09. The first-order valence-corrected chi connectivity index (χ1v) is 6.79. The molecule has 1 aliphatic heterocycles. The van der Waals surface area contributed by atoms with Gasteiger partial charge in [-0.2, -0.15) is 0 Å². The van der Waals surface area contributed by atoms with Crippen molar-refractivity contribution in [3.8, 4) is 11.5 Å². The van der Waals surface area contributed by atoms with E-state index in [1.54, 1.807) is 12.1 Å². The standard InChI is InChI=1S/C13H14O5S/c1-8(14)19-6-10(13(15)16)4-9-2-3-11-12(5-9)18-7-17-11/h2-3,5,10H,4,6-7H2,1H3,(H,15,16). The Bertz CT molecular complexity index is 500. The van der Waals surface area contributed by atoms with Crippen molar-refractivity contribution in [3.05, 3.63) is 23.8 Å². The smallest absolute Gasteiger partial charge is 0.307 e. The van der Waals surface area contributed by atoms with Gasteiger partial charge in [-0.05, 0) is 24.1 Å². The molecule has 1 aliphatic rings. The Balaban J connectivity index is 2.04. The summed E-state index contributed by atoms with van der Waals surface area (Å²) in [5.41, 5.74) is 0.862. The first kappa shape index (κ1) is 13.7. The van der Waals surface area contributed by atoms with Crippen LogP contribution in [-0.4, -0.2) is 28.7 Å². The minimum absolute atomic E-state index is 0.0723. The molecule has 5 nitrogen and oxygen atoms in total. The van der Waals surface area contributed by atoms with Crippen molar-refractivity contribution in [3.63, 3.8) is 0 Å². The number of hydrogen-bond acceptors (Lipinski definition) is 5. The van der Waals surface area contributed by atoms with Crippen molar-refractivity contribution < 1.29 is 24.2 Å². The molecule has 0 aromatic heterocycles. The molecule has 0 bridgehead atoms. The fourth-order valence-electron chi connectivity index (χ4n) is 1.79. The number of thioether (sulfide) groups is 1. The van der Waals surface area contributed by atoms with E-state index in [1.165, 1.54) is 6.92 Å². The molecule has 1 N–H and O–H groups in total. The Morgan fingerprint density at radius 2 is 2.11 bits per heavy atom. The summed E-state index contributed by atoms with van der Waals surface area (Å²) >= 11 is 1.04. The Morgan fingerprint density at radius 1 is 1.37 bits per heavy atom. The van der Waals surface area contributed by atoms with Gasteiger partial charge in [0.1, 0.15) is 0 Å². The van der Waals surface area contributed by atoms with E-state index in [1.807, 2.05) is 6.07 Å². The zero-order valence-corrected chi connectivity index (χ0v) is 11.2. The van der Waals surface area contributed by atoms with Crippen LogP contribution in [0.4, 0.5) is 0 Å². The third-order valence-electron chi connectivity index (χ3n) is 2.76. The first-order valence-electron chi connectivity index (χ1n) is 5.81. The lowest BCUT2D eigenvalue weighted by Crippen LogP contribution is -2.19. The number of rotatable bonds is 5. The van der Waals surface area contributed by atoms with Crippen molar-refractivity contribution in [2.75, 3.05) is 12.5 Å². The summed E-state index contributed by atoms with van der Waals surface area (Å²) in [5.74, 6) is 0.106. The summed E-state index contributed by atoms with van der Waals surface area (Å²) < 4.78 is 10.4. The number of aliphatic carboxylic acids is 1. The second-order valence-corrected chi connectivity index (χ2v) is 5.43. The van der Waals surface area contributed by atoms with Gasteiger partial charge in [-0.1, -0.05) is 17.8 Å². The number of carboxylic acid groups (broad SMARTS) is 1. The Morgan fingerprint density at radius 3 is 2.79 bits per heavy atom. The molecule has 1 aromatic rings. The average molecular weight is 282 g/mol. The van der Waals surface area contributed by atoms with Gasteiger partial charge in [0.15, 0.2) is 16.6 Å². The monoisotopic (exact) mass is 282 g/mol. The molecule has 0 amide bonds. The van der Waals surface area contributed by atoms with Gasteiger partial charge >= 0.3 is 5.97 Å². The lowest BCUT2D eigenvalue weighted by atomic mass is 10.0. The molecule has 0 radical (unpaired) electrons. The molecule has 1 aromatic carbocycles. The molecule has 2 rings (SSSR count). The van der Waals surface area contributed by atoms with Gasteiger partial charge < -0.3 is 14.6 Å². The fraction of sp³-hybridized carbons (Fsp3) is 0.385. The van der Waals surface area contributed by atoms with Crippen LogP contribution in [0.5, 0.6) is 11.5 Å². The van der Waals surface area contributed by atoms with Crippen LogP contribution < -0.4 is 9.47 Å². The molecule has 19 heavy (non-hydrogen) atoms. The van der Waals surface area contributed by atoms with Gasteiger partial charge in [0.25, 0.3) is 0 Å². The van der Waals surface area contributed by atoms with Crippen LogP contribution in [0, 0.1) is 5.92 Å². The molecule has 1 heterocycles. The number of benzene rings is 1. The van der Waals surface area contributed by atoms with Crippen molar-refractivity contribution in [2.24, 2.45) is 5.92 Å². The molecule has 6 heteroatoms. The van der Waals surface area contributed by atoms with Crippen LogP contribution in [0.15, 0.2) is 18.2 Å². The third-order valence-corrected chi connectivity index (χ3v) is 3.73. The number of fused-ring (bicyclic) bond motifs is 1. The van der Waals surface area contributed by atoms with Crippen LogP contribution in [0.3, 0.4) is 0 Å². The number of carboxylic acids is 1. The average Bonchev–Trinajstić information content (AvgIpc) is 2.81. The molecular weight excluding hydrogens is 268 g/mol. The van der Waals surface area contributed by atoms with Crippen molar-refractivity contribution in [1.82, 2.24) is 0 Å². The normalized spacial score (nSPS) is 14.2. The fourth-order valence-corrected chi connectivity index (χ4v) is 2.48. The van der Waals surface area contributed by atoms with Crippen molar-refractivity contribution in [2.45, 2.75) is 13.3 Å². The highest BCUT2D eigenvalue weighted by molar-refractivity contribution is 8.13. The largest absolute Gasteiger partial charge is 0.481 e. The highest BCUT2D eigenvalue weighted by Gasteiger charge is 2.21. The predicted molar refractivity (Wildman–Crippen MR) is 70.5 cm³/mol. The van der Waals surface area contributed by atoms with Gasteiger partial charge in [0.2, 0.25) is 6.79 Å². The van der Waals surface area contributed by atoms with Crippen molar-refractivity contribution in [1.29, 1.82) is 0 Å². The molecule has 1 unspecified atom stereocenters. The van der Waals surface area contributed by atoms with E-state index in [0.29, 0.717) is 17.9 Å². The van der Waals surface area contributed by atoms with E-state index in [4.69, 9.17) is 14.6 Å². The lowest BCUT2D eigenvalue weighted by Gasteiger charge is -2.11. The van der Waals surface area contributed by atoms with Crippen molar-refractivity contribution >= 4 is 22.8 Å². The molecule has 0 saturated carbocycles. The van der Waals surface area contributed by atoms with Gasteiger partial charge in [0.05, 0.1) is 5.92 Å². The first-order chi connectivity index (χ1) is 9.06. The maximum Gasteiger partial charge on any atom is 0.307 e. The summed E-state index contributed by atoms with van der Waals surface area (Å²) in [6.07, 6.45) is 0.367. The second kappa shape index (κ2) is 5.97. The summed E-state index contributed by atoms with van der Waals surface area (Å²) in [7, 11) is 0. The maximum absolute atomic E-state index is 11.2. The van der Waals surface area contributed by atoms with E-state index in [0.717, 1.165) is 17.3 Å². The lowest BCUT2D eigenvalue weighted by molar-refractivity contribution is -0.140. The minimum Gasteiger partial charge on any atom is -0.481 e. The number of carbonyl (C=O) groups excluding carboxylic acids is 1. The topological polar surface area (TPSA) is 72.8 Å². The maximum atomic E-state index is 11.2. The minimum atomic E-state index is -0.897. The molecule has 102 valence electrons. The van der Waals surface area contributed by atoms with Gasteiger partial charge in [-0.3, -0.25) is 9.59 Å². The quantitative estimate of drug-likeness (QED) is 0.889. The second-order valence-electron chi connectivity index (χ2n) is 4.23. The van der Waals surface area contributed by atoms with Crippen LogP contribution in [0.25, 0.3) is 0 Å². The number of hydrogen-bond donors (Lipinski definition) is 1. The highest BCUT2D eigenvalue weighted by Crippen LogP contribution is 2.33. The molecule has 1 atom stereocenters.